The zero-order valence-corrected chi connectivity index (χ0v) is 15.2. The summed E-state index contributed by atoms with van der Waals surface area (Å²) in [5, 5.41) is 3.40. The van der Waals surface area contributed by atoms with Gasteiger partial charge in [-0.15, -0.1) is 0 Å². The van der Waals surface area contributed by atoms with Crippen LogP contribution in [0.15, 0.2) is 41.1 Å². The van der Waals surface area contributed by atoms with Gasteiger partial charge in [0.2, 0.25) is 5.89 Å². The first kappa shape index (κ1) is 16.5. The summed E-state index contributed by atoms with van der Waals surface area (Å²) < 4.78 is 7.92. The Hall–Kier alpha value is -2.93. The molecule has 4 aromatic rings. The largest absolute Gasteiger partial charge is 0.418 e. The second kappa shape index (κ2) is 6.76. The Bertz CT molecular complexity index is 1030. The average molecular weight is 350 g/mol. The number of hydrogen-bond donors (Lipinski definition) is 1. The molecule has 1 aromatic carbocycles. The van der Waals surface area contributed by atoms with E-state index in [1.54, 1.807) is 6.33 Å². The molecule has 0 saturated heterocycles. The number of oxazole rings is 1. The summed E-state index contributed by atoms with van der Waals surface area (Å²) in [5.74, 6) is 1.31. The maximum atomic E-state index is 5.96. The Morgan fingerprint density at radius 3 is 2.69 bits per heavy atom. The van der Waals surface area contributed by atoms with E-state index in [4.69, 9.17) is 4.42 Å². The van der Waals surface area contributed by atoms with Crippen LogP contribution in [-0.4, -0.2) is 51.6 Å². The lowest BCUT2D eigenvalue weighted by atomic mass is 10.2. The molecule has 7 nitrogen and oxygen atoms in total. The summed E-state index contributed by atoms with van der Waals surface area (Å²) in [7, 11) is 6.10. The highest BCUT2D eigenvalue weighted by Gasteiger charge is 2.18. The minimum atomic E-state index is 0.523. The molecule has 0 aliphatic carbocycles. The van der Waals surface area contributed by atoms with Crippen molar-refractivity contribution in [2.24, 2.45) is 7.05 Å². The first-order valence-electron chi connectivity index (χ1n) is 8.69. The molecule has 0 bridgehead atoms. The summed E-state index contributed by atoms with van der Waals surface area (Å²) in [5.41, 5.74) is 3.93. The van der Waals surface area contributed by atoms with Crippen LogP contribution < -0.4 is 5.32 Å². The molecule has 26 heavy (non-hydrogen) atoms. The molecule has 0 amide bonds. The fourth-order valence-electron chi connectivity index (χ4n) is 3.01. The van der Waals surface area contributed by atoms with Crippen molar-refractivity contribution in [2.45, 2.75) is 6.42 Å². The van der Waals surface area contributed by atoms with E-state index >= 15 is 0 Å². The van der Waals surface area contributed by atoms with E-state index in [1.165, 1.54) is 0 Å². The molecule has 4 rings (SSSR count). The number of aromatic nitrogens is 4. The zero-order valence-electron chi connectivity index (χ0n) is 15.2. The Balaban J connectivity index is 1.75. The molecule has 1 N–H and O–H groups in total. The number of hydrogen-bond acceptors (Lipinski definition) is 6. The van der Waals surface area contributed by atoms with Crippen molar-refractivity contribution in [1.29, 1.82) is 0 Å². The fraction of sp³-hybridized carbons (Fsp3) is 0.316. The summed E-state index contributed by atoms with van der Waals surface area (Å²) in [6, 6.07) is 9.86. The van der Waals surface area contributed by atoms with Crippen LogP contribution >= 0.6 is 0 Å². The van der Waals surface area contributed by atoms with Gasteiger partial charge in [0.15, 0.2) is 11.3 Å². The van der Waals surface area contributed by atoms with Gasteiger partial charge in [0.25, 0.3) is 5.71 Å². The summed E-state index contributed by atoms with van der Waals surface area (Å²) >= 11 is 0. The lowest BCUT2D eigenvalue weighted by Crippen LogP contribution is -2.16. The van der Waals surface area contributed by atoms with Gasteiger partial charge in [0.1, 0.15) is 11.0 Å². The van der Waals surface area contributed by atoms with Gasteiger partial charge in [-0.2, -0.15) is 4.98 Å². The highest BCUT2D eigenvalue weighted by molar-refractivity contribution is 6.03. The lowest BCUT2D eigenvalue weighted by molar-refractivity contribution is 0.405. The molecular formula is C19H22N6O. The quantitative estimate of drug-likeness (QED) is 0.539. The van der Waals surface area contributed by atoms with E-state index in [9.17, 15) is 0 Å². The first-order chi connectivity index (χ1) is 12.6. The Labute approximate surface area is 151 Å². The third-order valence-electron chi connectivity index (χ3n) is 4.30. The van der Waals surface area contributed by atoms with Gasteiger partial charge in [0, 0.05) is 19.2 Å². The zero-order chi connectivity index (χ0) is 18.1. The summed E-state index contributed by atoms with van der Waals surface area (Å²) in [6.07, 6.45) is 2.81. The number of anilines is 1. The van der Waals surface area contributed by atoms with Crippen molar-refractivity contribution < 1.29 is 4.42 Å². The number of rotatable bonds is 6. The molecule has 0 spiro atoms. The van der Waals surface area contributed by atoms with Crippen LogP contribution in [0.4, 0.5) is 5.82 Å². The minimum Gasteiger partial charge on any atom is -0.418 e. The van der Waals surface area contributed by atoms with Gasteiger partial charge in [0.05, 0.1) is 6.33 Å². The molecule has 0 aliphatic rings. The molecule has 3 aromatic heterocycles. The fourth-order valence-corrected chi connectivity index (χ4v) is 3.01. The standard InChI is InChI=1S/C19H22N6O/c1-24(2)11-7-10-20-17-14-16(25(3)12-21-14)15-19(23-17)26-18(22-15)13-8-5-4-6-9-13/h4-6,8-9,12H,7,10-11H2,1-3H3,(H,20,23). The van der Waals surface area contributed by atoms with E-state index in [0.29, 0.717) is 11.6 Å². The van der Waals surface area contributed by atoms with Crippen LogP contribution in [0.2, 0.25) is 0 Å². The third-order valence-corrected chi connectivity index (χ3v) is 4.30. The van der Waals surface area contributed by atoms with Crippen LogP contribution in [0.1, 0.15) is 6.42 Å². The molecule has 0 aliphatic heterocycles. The van der Waals surface area contributed by atoms with Crippen LogP contribution in [0, 0.1) is 0 Å². The first-order valence-corrected chi connectivity index (χ1v) is 8.69. The Morgan fingerprint density at radius 2 is 1.92 bits per heavy atom. The smallest absolute Gasteiger partial charge is 0.251 e. The third kappa shape index (κ3) is 3.01. The molecule has 0 atom stereocenters. The van der Waals surface area contributed by atoms with Gasteiger partial charge in [-0.25, -0.2) is 9.97 Å². The van der Waals surface area contributed by atoms with Crippen molar-refractivity contribution in [3.8, 4) is 11.5 Å². The van der Waals surface area contributed by atoms with E-state index in [1.807, 2.05) is 41.9 Å². The molecule has 3 heterocycles. The molecule has 134 valence electrons. The number of nitrogens with zero attached hydrogens (tertiary/aromatic N) is 5. The minimum absolute atomic E-state index is 0.523. The van der Waals surface area contributed by atoms with Crippen molar-refractivity contribution in [3.05, 3.63) is 36.7 Å². The summed E-state index contributed by atoms with van der Waals surface area (Å²) in [4.78, 5) is 16.0. The second-order valence-corrected chi connectivity index (χ2v) is 6.64. The Morgan fingerprint density at radius 1 is 1.12 bits per heavy atom. The van der Waals surface area contributed by atoms with Crippen LogP contribution in [0.25, 0.3) is 33.7 Å². The number of benzene rings is 1. The monoisotopic (exact) mass is 350 g/mol. The van der Waals surface area contributed by atoms with Gasteiger partial charge in [-0.3, -0.25) is 0 Å². The van der Waals surface area contributed by atoms with Crippen molar-refractivity contribution in [1.82, 2.24) is 24.4 Å². The number of imidazole rings is 1. The SMILES string of the molecule is CN(C)CCCNc1nc2oc(-c3ccccc3)nc2c2c1ncn2C. The predicted molar refractivity (Wildman–Crippen MR) is 103 cm³/mol. The normalized spacial score (nSPS) is 11.7. The van der Waals surface area contributed by atoms with E-state index in [-0.39, 0.29) is 0 Å². The van der Waals surface area contributed by atoms with E-state index < -0.39 is 0 Å². The van der Waals surface area contributed by atoms with Crippen LogP contribution in [-0.2, 0) is 7.05 Å². The van der Waals surface area contributed by atoms with Gasteiger partial charge < -0.3 is 19.2 Å². The predicted octanol–water partition coefficient (Wildman–Crippen LogP) is 3.14. The highest BCUT2D eigenvalue weighted by Crippen LogP contribution is 2.31. The van der Waals surface area contributed by atoms with Gasteiger partial charge in [-0.1, -0.05) is 18.2 Å². The second-order valence-electron chi connectivity index (χ2n) is 6.64. The molecule has 0 unspecified atom stereocenters. The maximum absolute atomic E-state index is 5.96. The van der Waals surface area contributed by atoms with Gasteiger partial charge >= 0.3 is 0 Å². The van der Waals surface area contributed by atoms with Crippen molar-refractivity contribution >= 4 is 28.1 Å². The topological polar surface area (TPSA) is 72.0 Å². The average Bonchev–Trinajstić information content (AvgIpc) is 3.23. The molecule has 0 fully saturated rings. The number of aryl methyl sites for hydroxylation is 1. The maximum Gasteiger partial charge on any atom is 0.251 e. The van der Waals surface area contributed by atoms with Crippen LogP contribution in [0.5, 0.6) is 0 Å². The lowest BCUT2D eigenvalue weighted by Gasteiger charge is -2.10. The van der Waals surface area contributed by atoms with Gasteiger partial charge in [-0.05, 0) is 39.2 Å². The Kier molecular flexibility index (Phi) is 4.30. The molecule has 0 saturated carbocycles. The van der Waals surface area contributed by atoms with E-state index in [0.717, 1.165) is 47.4 Å². The number of nitrogens with one attached hydrogen (secondary N) is 1. The molecule has 0 radical (unpaired) electrons. The summed E-state index contributed by atoms with van der Waals surface area (Å²) in [6.45, 7) is 1.84. The van der Waals surface area contributed by atoms with Crippen LogP contribution in [0.3, 0.4) is 0 Å². The molecule has 7 heteroatoms. The number of fused-ring (bicyclic) bond motifs is 3. The molecular weight excluding hydrogens is 328 g/mol. The number of pyridine rings is 1. The van der Waals surface area contributed by atoms with Crippen molar-refractivity contribution in [3.63, 3.8) is 0 Å². The highest BCUT2D eigenvalue weighted by atomic mass is 16.4. The van der Waals surface area contributed by atoms with Crippen molar-refractivity contribution in [2.75, 3.05) is 32.5 Å². The van der Waals surface area contributed by atoms with E-state index in [2.05, 4.69) is 39.3 Å².